The number of nitrogens with zero attached hydrogens (tertiary/aromatic N) is 1. The number of aryl methyl sites for hydroxylation is 3. The molecule has 1 aromatic heterocycles. The topological polar surface area (TPSA) is 66.5 Å². The van der Waals surface area contributed by atoms with Crippen molar-refractivity contribution in [3.63, 3.8) is 0 Å². The fourth-order valence-corrected chi connectivity index (χ4v) is 5.16. The number of hydrogen-bond acceptors (Lipinski definition) is 4. The van der Waals surface area contributed by atoms with Crippen LogP contribution >= 0.6 is 11.3 Å². The lowest BCUT2D eigenvalue weighted by Gasteiger charge is -2.20. The Balaban J connectivity index is 2.20. The third-order valence-electron chi connectivity index (χ3n) is 3.68. The van der Waals surface area contributed by atoms with E-state index in [1.54, 1.807) is 11.4 Å². The Labute approximate surface area is 153 Å². The van der Waals surface area contributed by atoms with E-state index in [0.29, 0.717) is 0 Å². The highest BCUT2D eigenvalue weighted by molar-refractivity contribution is 7.91. The molecule has 0 saturated carbocycles. The van der Waals surface area contributed by atoms with E-state index in [0.717, 1.165) is 38.0 Å². The summed E-state index contributed by atoms with van der Waals surface area (Å²) >= 11 is 1.13. The van der Waals surface area contributed by atoms with Crippen LogP contribution in [0.15, 0.2) is 46.5 Å². The molecule has 1 N–H and O–H groups in total. The number of nitrogens with one attached hydrogen (secondary N) is 1. The average molecular weight is 379 g/mol. The van der Waals surface area contributed by atoms with Gasteiger partial charge in [0.2, 0.25) is 5.91 Å². The zero-order valence-electron chi connectivity index (χ0n) is 14.6. The minimum Gasteiger partial charge on any atom is -0.324 e. The lowest BCUT2D eigenvalue weighted by atomic mass is 10.1. The van der Waals surface area contributed by atoms with Gasteiger partial charge in [0.05, 0.1) is 6.54 Å². The van der Waals surface area contributed by atoms with Gasteiger partial charge >= 0.3 is 0 Å². The minimum absolute atomic E-state index is 0.0690. The van der Waals surface area contributed by atoms with Crippen LogP contribution in [0.4, 0.5) is 5.69 Å². The van der Waals surface area contributed by atoms with E-state index in [2.05, 4.69) is 11.9 Å². The van der Waals surface area contributed by atoms with Gasteiger partial charge in [-0.1, -0.05) is 29.8 Å². The third-order valence-corrected chi connectivity index (χ3v) is 6.87. The number of rotatable bonds is 7. The molecule has 1 aromatic carbocycles. The molecule has 5 nitrogen and oxygen atoms in total. The highest BCUT2D eigenvalue weighted by Crippen LogP contribution is 2.23. The predicted octanol–water partition coefficient (Wildman–Crippen LogP) is 3.49. The second kappa shape index (κ2) is 7.95. The quantitative estimate of drug-likeness (QED) is 0.750. The molecule has 0 spiro atoms. The van der Waals surface area contributed by atoms with Gasteiger partial charge in [-0.2, -0.15) is 4.31 Å². The van der Waals surface area contributed by atoms with Crippen LogP contribution in [0.25, 0.3) is 0 Å². The first-order valence-electron chi connectivity index (χ1n) is 7.78. The van der Waals surface area contributed by atoms with Crippen molar-refractivity contribution in [2.75, 3.05) is 18.4 Å². The molecule has 2 rings (SSSR count). The van der Waals surface area contributed by atoms with Crippen molar-refractivity contribution in [1.29, 1.82) is 0 Å². The monoisotopic (exact) mass is 378 g/mol. The summed E-state index contributed by atoms with van der Waals surface area (Å²) in [6, 6.07) is 7.16. The third kappa shape index (κ3) is 4.56. The summed E-state index contributed by atoms with van der Waals surface area (Å²) < 4.78 is 26.7. The van der Waals surface area contributed by atoms with Crippen LogP contribution in [0.3, 0.4) is 0 Å². The van der Waals surface area contributed by atoms with Gasteiger partial charge in [-0.25, -0.2) is 8.42 Å². The minimum atomic E-state index is -3.71. The number of carbonyl (C=O) groups is 1. The lowest BCUT2D eigenvalue weighted by molar-refractivity contribution is -0.116. The van der Waals surface area contributed by atoms with Crippen molar-refractivity contribution in [2.24, 2.45) is 0 Å². The molecule has 0 aliphatic rings. The maximum Gasteiger partial charge on any atom is 0.253 e. The second-order valence-corrected chi connectivity index (χ2v) is 8.95. The van der Waals surface area contributed by atoms with Gasteiger partial charge in [0.25, 0.3) is 10.0 Å². The summed E-state index contributed by atoms with van der Waals surface area (Å²) in [5.74, 6) is -0.378. The molecule has 0 radical (unpaired) electrons. The number of benzene rings is 1. The smallest absolute Gasteiger partial charge is 0.253 e. The molecule has 0 bridgehead atoms. The summed E-state index contributed by atoms with van der Waals surface area (Å²) in [7, 11) is -3.71. The van der Waals surface area contributed by atoms with Gasteiger partial charge in [-0.15, -0.1) is 17.9 Å². The van der Waals surface area contributed by atoms with Gasteiger partial charge < -0.3 is 5.32 Å². The molecule has 25 heavy (non-hydrogen) atoms. The number of sulfonamides is 1. The first kappa shape index (κ1) is 19.4. The van der Waals surface area contributed by atoms with Gasteiger partial charge in [0.1, 0.15) is 4.21 Å². The van der Waals surface area contributed by atoms with E-state index < -0.39 is 10.0 Å². The first-order valence-corrected chi connectivity index (χ1v) is 10.1. The van der Waals surface area contributed by atoms with Crippen molar-refractivity contribution in [3.8, 4) is 0 Å². The van der Waals surface area contributed by atoms with Crippen LogP contribution in [0.2, 0.25) is 0 Å². The van der Waals surface area contributed by atoms with E-state index in [9.17, 15) is 13.2 Å². The Morgan fingerprint density at radius 3 is 2.44 bits per heavy atom. The summed E-state index contributed by atoms with van der Waals surface area (Å²) in [5, 5.41) is 4.53. The van der Waals surface area contributed by atoms with Crippen LogP contribution in [-0.4, -0.2) is 31.7 Å². The molecule has 7 heteroatoms. The van der Waals surface area contributed by atoms with Crippen LogP contribution in [-0.2, 0) is 14.8 Å². The molecular formula is C18H22N2O3S2. The van der Waals surface area contributed by atoms with Crippen molar-refractivity contribution in [2.45, 2.75) is 25.0 Å². The summed E-state index contributed by atoms with van der Waals surface area (Å²) in [5.41, 5.74) is 3.73. The predicted molar refractivity (Wildman–Crippen MR) is 103 cm³/mol. The molecule has 1 amide bonds. The summed E-state index contributed by atoms with van der Waals surface area (Å²) in [4.78, 5) is 12.5. The number of amides is 1. The zero-order chi connectivity index (χ0) is 18.6. The number of hydrogen-bond donors (Lipinski definition) is 1. The fraction of sp³-hybridized carbons (Fsp3) is 0.278. The fourth-order valence-electron chi connectivity index (χ4n) is 2.65. The molecular weight excluding hydrogens is 356 g/mol. The van der Waals surface area contributed by atoms with Crippen molar-refractivity contribution in [3.05, 3.63) is 59.0 Å². The molecule has 0 unspecified atom stereocenters. The Kier molecular flexibility index (Phi) is 6.16. The Bertz CT molecular complexity index is 849. The average Bonchev–Trinajstić information content (AvgIpc) is 3.05. The summed E-state index contributed by atoms with van der Waals surface area (Å²) in [6.45, 7) is 9.22. The van der Waals surface area contributed by atoms with Crippen molar-refractivity contribution >= 4 is 33.0 Å². The molecule has 134 valence electrons. The Morgan fingerprint density at radius 1 is 1.28 bits per heavy atom. The second-order valence-electron chi connectivity index (χ2n) is 5.84. The SMILES string of the molecule is C=CCN(CC(=O)Nc1c(C)cc(C)cc1C)S(=O)(=O)c1cccs1. The van der Waals surface area contributed by atoms with Gasteiger partial charge in [-0.05, 0) is 43.3 Å². The van der Waals surface area contributed by atoms with Crippen LogP contribution < -0.4 is 5.32 Å². The van der Waals surface area contributed by atoms with Crippen LogP contribution in [0.1, 0.15) is 16.7 Å². The molecule has 0 atom stereocenters. The summed E-state index contributed by atoms with van der Waals surface area (Å²) in [6.07, 6.45) is 1.47. The molecule has 2 aromatic rings. The lowest BCUT2D eigenvalue weighted by Crippen LogP contribution is -2.38. The molecule has 0 saturated heterocycles. The van der Waals surface area contributed by atoms with E-state index in [4.69, 9.17) is 0 Å². The van der Waals surface area contributed by atoms with E-state index >= 15 is 0 Å². The van der Waals surface area contributed by atoms with E-state index in [-0.39, 0.29) is 23.2 Å². The number of thiophene rings is 1. The Morgan fingerprint density at radius 2 is 1.92 bits per heavy atom. The van der Waals surface area contributed by atoms with Crippen LogP contribution in [0.5, 0.6) is 0 Å². The standard InChI is InChI=1S/C18H22N2O3S2/c1-5-8-20(25(22,23)17-7-6-9-24-17)12-16(21)19-18-14(3)10-13(2)11-15(18)4/h5-7,9-11H,1,8,12H2,2-4H3,(H,19,21). The van der Waals surface area contributed by atoms with Crippen molar-refractivity contribution < 1.29 is 13.2 Å². The first-order chi connectivity index (χ1) is 11.8. The van der Waals surface area contributed by atoms with E-state index in [1.807, 2.05) is 32.9 Å². The number of carbonyl (C=O) groups excluding carboxylic acids is 1. The molecule has 0 aliphatic carbocycles. The van der Waals surface area contributed by atoms with E-state index in [1.165, 1.54) is 12.1 Å². The number of anilines is 1. The molecule has 0 aliphatic heterocycles. The Hall–Kier alpha value is -1.96. The highest BCUT2D eigenvalue weighted by atomic mass is 32.2. The van der Waals surface area contributed by atoms with Gasteiger partial charge in [0.15, 0.2) is 0 Å². The zero-order valence-corrected chi connectivity index (χ0v) is 16.2. The van der Waals surface area contributed by atoms with Gasteiger partial charge in [0, 0.05) is 12.2 Å². The highest BCUT2D eigenvalue weighted by Gasteiger charge is 2.26. The molecule has 1 heterocycles. The maximum atomic E-state index is 12.7. The molecule has 0 fully saturated rings. The van der Waals surface area contributed by atoms with Gasteiger partial charge in [-0.3, -0.25) is 4.79 Å². The van der Waals surface area contributed by atoms with Crippen LogP contribution in [0, 0.1) is 20.8 Å². The maximum absolute atomic E-state index is 12.7. The van der Waals surface area contributed by atoms with Crippen molar-refractivity contribution in [1.82, 2.24) is 4.31 Å². The largest absolute Gasteiger partial charge is 0.324 e. The normalized spacial score (nSPS) is 11.5.